The second-order valence-electron chi connectivity index (χ2n) is 2.74. The maximum absolute atomic E-state index is 10.5. The van der Waals surface area contributed by atoms with E-state index in [-0.39, 0.29) is 6.10 Å². The summed E-state index contributed by atoms with van der Waals surface area (Å²) >= 11 is 0. The number of allylic oxidation sites excluding steroid dienone is 1. The van der Waals surface area contributed by atoms with Gasteiger partial charge in [0.05, 0.1) is 6.10 Å². The van der Waals surface area contributed by atoms with Crippen LogP contribution in [0.1, 0.15) is 39.0 Å². The highest BCUT2D eigenvalue weighted by Crippen LogP contribution is 2.05. The normalized spacial score (nSPS) is 13.0. The maximum Gasteiger partial charge on any atom is 0.0902 e. The van der Waals surface area contributed by atoms with E-state index in [0.29, 0.717) is 0 Å². The van der Waals surface area contributed by atoms with Gasteiger partial charge in [-0.2, -0.15) is 0 Å². The SMILES string of the molecule is C=CCCCCCC(C)[O]. The lowest BCUT2D eigenvalue weighted by Crippen LogP contribution is -1.95. The molecule has 0 aliphatic rings. The molecule has 0 amide bonds. The van der Waals surface area contributed by atoms with Crippen LogP contribution in [0.25, 0.3) is 0 Å². The van der Waals surface area contributed by atoms with Crippen LogP contribution in [0.3, 0.4) is 0 Å². The molecule has 1 radical (unpaired) electrons. The topological polar surface area (TPSA) is 19.9 Å². The molecular weight excluding hydrogens is 124 g/mol. The third-order valence-electron chi connectivity index (χ3n) is 1.52. The largest absolute Gasteiger partial charge is 0.233 e. The first-order valence-corrected chi connectivity index (χ1v) is 4.04. The Labute approximate surface area is 63.8 Å². The lowest BCUT2D eigenvalue weighted by Gasteiger charge is -1.99. The summed E-state index contributed by atoms with van der Waals surface area (Å²) in [6.07, 6.45) is 6.93. The van der Waals surface area contributed by atoms with Gasteiger partial charge in [0.15, 0.2) is 0 Å². The molecular formula is C9H17O. The molecule has 0 saturated heterocycles. The molecule has 0 aromatic carbocycles. The Hall–Kier alpha value is -0.300. The fraction of sp³-hybridized carbons (Fsp3) is 0.778. The van der Waals surface area contributed by atoms with Crippen LogP contribution in [0.5, 0.6) is 0 Å². The average molecular weight is 141 g/mol. The summed E-state index contributed by atoms with van der Waals surface area (Å²) in [4.78, 5) is 0. The molecule has 0 spiro atoms. The highest BCUT2D eigenvalue weighted by Gasteiger charge is 1.95. The van der Waals surface area contributed by atoms with Crippen molar-refractivity contribution in [1.82, 2.24) is 0 Å². The van der Waals surface area contributed by atoms with Gasteiger partial charge in [-0.05, 0) is 26.2 Å². The third-order valence-corrected chi connectivity index (χ3v) is 1.52. The molecule has 0 saturated carbocycles. The molecule has 0 aromatic heterocycles. The summed E-state index contributed by atoms with van der Waals surface area (Å²) < 4.78 is 0. The summed E-state index contributed by atoms with van der Waals surface area (Å²) in [7, 11) is 0. The van der Waals surface area contributed by atoms with Gasteiger partial charge in [0, 0.05) is 0 Å². The molecule has 0 fully saturated rings. The zero-order chi connectivity index (χ0) is 7.82. The number of rotatable bonds is 6. The molecule has 1 unspecified atom stereocenters. The molecule has 0 aliphatic heterocycles. The van der Waals surface area contributed by atoms with Gasteiger partial charge in [0.1, 0.15) is 0 Å². The maximum atomic E-state index is 10.5. The molecule has 1 atom stereocenters. The van der Waals surface area contributed by atoms with Crippen molar-refractivity contribution in [2.75, 3.05) is 0 Å². The van der Waals surface area contributed by atoms with Gasteiger partial charge in [0.2, 0.25) is 0 Å². The first-order chi connectivity index (χ1) is 4.77. The van der Waals surface area contributed by atoms with E-state index < -0.39 is 0 Å². The van der Waals surface area contributed by atoms with Crippen molar-refractivity contribution in [2.45, 2.75) is 45.1 Å². The molecule has 0 aromatic rings. The van der Waals surface area contributed by atoms with E-state index in [0.717, 1.165) is 19.3 Å². The molecule has 1 heteroatoms. The minimum Gasteiger partial charge on any atom is -0.233 e. The average Bonchev–Trinajstić information content (AvgIpc) is 1.87. The number of unbranched alkanes of at least 4 members (excludes halogenated alkanes) is 3. The zero-order valence-corrected chi connectivity index (χ0v) is 6.81. The summed E-state index contributed by atoms with van der Waals surface area (Å²) in [5.74, 6) is 0. The molecule has 0 bridgehead atoms. The Kier molecular flexibility index (Phi) is 6.61. The van der Waals surface area contributed by atoms with E-state index in [4.69, 9.17) is 0 Å². The van der Waals surface area contributed by atoms with E-state index in [1.807, 2.05) is 6.08 Å². The summed E-state index contributed by atoms with van der Waals surface area (Å²) in [5.41, 5.74) is 0. The summed E-state index contributed by atoms with van der Waals surface area (Å²) in [6.45, 7) is 5.36. The molecule has 0 heterocycles. The lowest BCUT2D eigenvalue weighted by molar-refractivity contribution is 0.0951. The predicted molar refractivity (Wildman–Crippen MR) is 43.4 cm³/mol. The van der Waals surface area contributed by atoms with Gasteiger partial charge < -0.3 is 0 Å². The Morgan fingerprint density at radius 1 is 1.40 bits per heavy atom. The molecule has 0 N–H and O–H groups in total. The van der Waals surface area contributed by atoms with E-state index in [9.17, 15) is 5.11 Å². The lowest BCUT2D eigenvalue weighted by atomic mass is 10.1. The summed E-state index contributed by atoms with van der Waals surface area (Å²) in [5, 5.41) is 10.5. The highest BCUT2D eigenvalue weighted by molar-refractivity contribution is 4.65. The van der Waals surface area contributed by atoms with Crippen LogP contribution in [0.15, 0.2) is 12.7 Å². The van der Waals surface area contributed by atoms with Crippen LogP contribution in [-0.2, 0) is 5.11 Å². The minimum atomic E-state index is -0.372. The van der Waals surface area contributed by atoms with Crippen molar-refractivity contribution in [3.63, 3.8) is 0 Å². The Morgan fingerprint density at radius 2 is 2.10 bits per heavy atom. The monoisotopic (exact) mass is 141 g/mol. The molecule has 0 aliphatic carbocycles. The first kappa shape index (κ1) is 9.70. The predicted octanol–water partition coefficient (Wildman–Crippen LogP) is 2.94. The van der Waals surface area contributed by atoms with Crippen molar-refractivity contribution in [3.05, 3.63) is 12.7 Å². The Bertz CT molecular complexity index is 76.8. The number of hydrogen-bond donors (Lipinski definition) is 0. The van der Waals surface area contributed by atoms with Crippen LogP contribution in [0.2, 0.25) is 0 Å². The molecule has 0 rings (SSSR count). The van der Waals surface area contributed by atoms with Gasteiger partial charge in [-0.1, -0.05) is 18.9 Å². The van der Waals surface area contributed by atoms with Gasteiger partial charge in [0.25, 0.3) is 0 Å². The summed E-state index contributed by atoms with van der Waals surface area (Å²) in [6, 6.07) is 0. The standard InChI is InChI=1S/C9H17O/c1-3-4-5-6-7-8-9(2)10/h3,9H,1,4-8H2,2H3. The van der Waals surface area contributed by atoms with Crippen molar-refractivity contribution in [2.24, 2.45) is 0 Å². The van der Waals surface area contributed by atoms with Crippen molar-refractivity contribution >= 4 is 0 Å². The van der Waals surface area contributed by atoms with Gasteiger partial charge in [-0.25, -0.2) is 5.11 Å². The highest BCUT2D eigenvalue weighted by atomic mass is 16.3. The van der Waals surface area contributed by atoms with Crippen LogP contribution in [-0.4, -0.2) is 6.10 Å². The Balaban J connectivity index is 2.83. The smallest absolute Gasteiger partial charge is 0.0902 e. The zero-order valence-electron chi connectivity index (χ0n) is 6.81. The van der Waals surface area contributed by atoms with E-state index in [2.05, 4.69) is 6.58 Å². The van der Waals surface area contributed by atoms with E-state index >= 15 is 0 Å². The molecule has 59 valence electrons. The van der Waals surface area contributed by atoms with Gasteiger partial charge in [-0.15, -0.1) is 6.58 Å². The fourth-order valence-electron chi connectivity index (χ4n) is 0.897. The second-order valence-corrected chi connectivity index (χ2v) is 2.74. The third kappa shape index (κ3) is 7.70. The van der Waals surface area contributed by atoms with Crippen molar-refractivity contribution in [1.29, 1.82) is 0 Å². The van der Waals surface area contributed by atoms with Crippen molar-refractivity contribution < 1.29 is 5.11 Å². The van der Waals surface area contributed by atoms with E-state index in [1.165, 1.54) is 12.8 Å². The van der Waals surface area contributed by atoms with Crippen LogP contribution in [0.4, 0.5) is 0 Å². The quantitative estimate of drug-likeness (QED) is 0.400. The Morgan fingerprint density at radius 3 is 2.60 bits per heavy atom. The second kappa shape index (κ2) is 6.81. The van der Waals surface area contributed by atoms with Crippen LogP contribution < -0.4 is 0 Å². The van der Waals surface area contributed by atoms with Gasteiger partial charge >= 0.3 is 0 Å². The van der Waals surface area contributed by atoms with Gasteiger partial charge in [-0.3, -0.25) is 0 Å². The first-order valence-electron chi connectivity index (χ1n) is 4.04. The number of hydrogen-bond acceptors (Lipinski definition) is 0. The van der Waals surface area contributed by atoms with E-state index in [1.54, 1.807) is 6.92 Å². The van der Waals surface area contributed by atoms with Crippen LogP contribution in [0, 0.1) is 0 Å². The molecule has 10 heavy (non-hydrogen) atoms. The fourth-order valence-corrected chi connectivity index (χ4v) is 0.897. The minimum absolute atomic E-state index is 0.372. The molecule has 1 nitrogen and oxygen atoms in total. The van der Waals surface area contributed by atoms with Crippen molar-refractivity contribution in [3.8, 4) is 0 Å². The van der Waals surface area contributed by atoms with Crippen LogP contribution >= 0.6 is 0 Å².